The van der Waals surface area contributed by atoms with E-state index >= 15 is 0 Å². The van der Waals surface area contributed by atoms with Gasteiger partial charge in [-0.15, -0.1) is 0 Å². The molecule has 2 heterocycles. The van der Waals surface area contributed by atoms with E-state index in [1.807, 2.05) is 24.3 Å². The fourth-order valence-electron chi connectivity index (χ4n) is 2.72. The number of carbonyl (C=O) groups is 1. The van der Waals surface area contributed by atoms with E-state index in [9.17, 15) is 4.79 Å². The molecule has 0 radical (unpaired) electrons. The van der Waals surface area contributed by atoms with Crippen molar-refractivity contribution in [1.29, 1.82) is 0 Å². The van der Waals surface area contributed by atoms with Gasteiger partial charge < -0.3 is 15.4 Å². The first-order valence-electron chi connectivity index (χ1n) is 6.48. The quantitative estimate of drug-likeness (QED) is 0.821. The summed E-state index contributed by atoms with van der Waals surface area (Å²) in [5, 5.41) is 6.36. The fourth-order valence-corrected chi connectivity index (χ4v) is 2.72. The minimum Gasteiger partial charge on any atom is -0.491 e. The van der Waals surface area contributed by atoms with Gasteiger partial charge in [0.1, 0.15) is 12.4 Å². The van der Waals surface area contributed by atoms with Crippen LogP contribution in [0.3, 0.4) is 0 Å². The highest BCUT2D eigenvalue weighted by Crippen LogP contribution is 2.32. The maximum absolute atomic E-state index is 12.2. The molecule has 0 spiro atoms. The molecule has 1 unspecified atom stereocenters. The summed E-state index contributed by atoms with van der Waals surface area (Å²) in [5.74, 6) is 1.51. The first-order chi connectivity index (χ1) is 8.75. The van der Waals surface area contributed by atoms with Crippen LogP contribution in [0.5, 0.6) is 5.75 Å². The van der Waals surface area contributed by atoms with Gasteiger partial charge in [0.15, 0.2) is 0 Å². The third kappa shape index (κ3) is 1.97. The van der Waals surface area contributed by atoms with Crippen molar-refractivity contribution in [1.82, 2.24) is 10.6 Å². The molecule has 4 nitrogen and oxygen atoms in total. The Hall–Kier alpha value is -1.55. The van der Waals surface area contributed by atoms with Gasteiger partial charge in [-0.05, 0) is 18.5 Å². The van der Waals surface area contributed by atoms with Crippen molar-refractivity contribution in [2.24, 2.45) is 11.8 Å². The van der Waals surface area contributed by atoms with Gasteiger partial charge in [0.25, 0.3) is 0 Å². The van der Waals surface area contributed by atoms with E-state index in [1.165, 1.54) is 0 Å². The maximum atomic E-state index is 12.2. The van der Waals surface area contributed by atoms with E-state index < -0.39 is 0 Å². The number of ether oxygens (including phenoxy) is 1. The van der Waals surface area contributed by atoms with Crippen molar-refractivity contribution in [3.63, 3.8) is 0 Å². The molecule has 1 aromatic rings. The van der Waals surface area contributed by atoms with Crippen LogP contribution in [0.1, 0.15) is 18.5 Å². The molecule has 0 saturated carbocycles. The molecule has 2 aliphatic rings. The van der Waals surface area contributed by atoms with Gasteiger partial charge in [-0.1, -0.05) is 25.1 Å². The lowest BCUT2D eigenvalue weighted by Gasteiger charge is -2.17. The van der Waals surface area contributed by atoms with Crippen LogP contribution in [0, 0.1) is 11.8 Å². The molecule has 1 saturated heterocycles. The number of para-hydroxylation sites is 1. The third-order valence-corrected chi connectivity index (χ3v) is 3.87. The molecular weight excluding hydrogens is 228 g/mol. The molecule has 0 aliphatic carbocycles. The van der Waals surface area contributed by atoms with Crippen molar-refractivity contribution in [2.45, 2.75) is 13.0 Å². The van der Waals surface area contributed by atoms with Gasteiger partial charge in [0, 0.05) is 12.1 Å². The van der Waals surface area contributed by atoms with Gasteiger partial charge >= 0.3 is 0 Å². The Bertz CT molecular complexity index is 461. The average molecular weight is 246 g/mol. The highest BCUT2D eigenvalue weighted by molar-refractivity contribution is 5.80. The molecule has 3 rings (SSSR count). The SMILES string of the molecule is C[C@@H]1CNC[C@H]1C(=O)NC1COc2ccccc21. The Morgan fingerprint density at radius 1 is 1.39 bits per heavy atom. The molecule has 0 aromatic heterocycles. The molecule has 1 amide bonds. The molecule has 96 valence electrons. The van der Waals surface area contributed by atoms with Gasteiger partial charge in [0.2, 0.25) is 5.91 Å². The zero-order valence-electron chi connectivity index (χ0n) is 10.5. The summed E-state index contributed by atoms with van der Waals surface area (Å²) in [7, 11) is 0. The highest BCUT2D eigenvalue weighted by Gasteiger charge is 2.33. The van der Waals surface area contributed by atoms with Gasteiger partial charge in [0.05, 0.1) is 12.0 Å². The average Bonchev–Trinajstić information content (AvgIpc) is 2.97. The molecule has 2 aliphatic heterocycles. The number of benzene rings is 1. The Morgan fingerprint density at radius 3 is 3.00 bits per heavy atom. The summed E-state index contributed by atoms with van der Waals surface area (Å²) in [4.78, 5) is 12.2. The van der Waals surface area contributed by atoms with Gasteiger partial charge in [-0.3, -0.25) is 4.79 Å². The largest absolute Gasteiger partial charge is 0.491 e. The second-order valence-corrected chi connectivity index (χ2v) is 5.15. The van der Waals surface area contributed by atoms with Crippen LogP contribution in [0.25, 0.3) is 0 Å². The molecule has 0 bridgehead atoms. The van der Waals surface area contributed by atoms with Crippen LogP contribution in [-0.4, -0.2) is 25.6 Å². The van der Waals surface area contributed by atoms with Crippen molar-refractivity contribution in [2.75, 3.05) is 19.7 Å². The molecule has 2 N–H and O–H groups in total. The summed E-state index contributed by atoms with van der Waals surface area (Å²) in [6.45, 7) is 4.36. The lowest BCUT2D eigenvalue weighted by molar-refractivity contribution is -0.126. The normalized spacial score (nSPS) is 29.7. The van der Waals surface area contributed by atoms with Crippen LogP contribution in [0.4, 0.5) is 0 Å². The predicted octanol–water partition coefficient (Wildman–Crippen LogP) is 1.09. The Balaban J connectivity index is 1.69. The molecular formula is C14H18N2O2. The van der Waals surface area contributed by atoms with E-state index in [2.05, 4.69) is 17.6 Å². The molecule has 1 aromatic carbocycles. The van der Waals surface area contributed by atoms with Crippen molar-refractivity contribution in [3.8, 4) is 5.75 Å². The van der Waals surface area contributed by atoms with Crippen molar-refractivity contribution >= 4 is 5.91 Å². The number of hydrogen-bond acceptors (Lipinski definition) is 3. The Labute approximate surface area is 107 Å². The second-order valence-electron chi connectivity index (χ2n) is 5.15. The fraction of sp³-hybridized carbons (Fsp3) is 0.500. The first kappa shape index (κ1) is 11.5. The van der Waals surface area contributed by atoms with Gasteiger partial charge in [-0.25, -0.2) is 0 Å². The third-order valence-electron chi connectivity index (χ3n) is 3.87. The number of fused-ring (bicyclic) bond motifs is 1. The number of hydrogen-bond donors (Lipinski definition) is 2. The van der Waals surface area contributed by atoms with Crippen molar-refractivity contribution < 1.29 is 9.53 Å². The van der Waals surface area contributed by atoms with E-state index in [0.717, 1.165) is 24.4 Å². The standard InChI is InChI=1S/C14H18N2O2/c1-9-6-15-7-11(9)14(17)16-12-8-18-13-5-3-2-4-10(12)13/h2-5,9,11-12,15H,6-8H2,1H3,(H,16,17)/t9-,11-,12?/m1/s1. The first-order valence-corrected chi connectivity index (χ1v) is 6.48. The lowest BCUT2D eigenvalue weighted by Crippen LogP contribution is -2.37. The summed E-state index contributed by atoms with van der Waals surface area (Å²) >= 11 is 0. The van der Waals surface area contributed by atoms with Crippen molar-refractivity contribution in [3.05, 3.63) is 29.8 Å². The summed E-state index contributed by atoms with van der Waals surface area (Å²) in [6.07, 6.45) is 0. The number of carbonyl (C=O) groups excluding carboxylic acids is 1. The topological polar surface area (TPSA) is 50.4 Å². The summed E-state index contributed by atoms with van der Waals surface area (Å²) in [5.41, 5.74) is 1.09. The molecule has 3 atom stereocenters. The van der Waals surface area contributed by atoms with E-state index in [4.69, 9.17) is 4.74 Å². The van der Waals surface area contributed by atoms with Crippen LogP contribution in [-0.2, 0) is 4.79 Å². The van der Waals surface area contributed by atoms with Crippen LogP contribution in [0.2, 0.25) is 0 Å². The van der Waals surface area contributed by atoms with Gasteiger partial charge in [-0.2, -0.15) is 0 Å². The molecule has 4 heteroatoms. The zero-order chi connectivity index (χ0) is 12.5. The number of rotatable bonds is 2. The van der Waals surface area contributed by atoms with E-state index in [1.54, 1.807) is 0 Å². The maximum Gasteiger partial charge on any atom is 0.225 e. The number of amides is 1. The Morgan fingerprint density at radius 2 is 2.22 bits per heavy atom. The van der Waals surface area contributed by atoms with E-state index in [0.29, 0.717) is 12.5 Å². The Kier molecular flexibility index (Phi) is 2.96. The lowest BCUT2D eigenvalue weighted by atomic mass is 9.96. The smallest absolute Gasteiger partial charge is 0.225 e. The molecule has 1 fully saturated rings. The van der Waals surface area contributed by atoms with Crippen LogP contribution < -0.4 is 15.4 Å². The minimum atomic E-state index is 0.00139. The summed E-state index contributed by atoms with van der Waals surface area (Å²) < 4.78 is 5.57. The highest BCUT2D eigenvalue weighted by atomic mass is 16.5. The molecule has 18 heavy (non-hydrogen) atoms. The minimum absolute atomic E-state index is 0.00139. The second kappa shape index (κ2) is 4.61. The number of nitrogens with one attached hydrogen (secondary N) is 2. The summed E-state index contributed by atoms with van der Waals surface area (Å²) in [6, 6.07) is 7.89. The van der Waals surface area contributed by atoms with Crippen LogP contribution >= 0.6 is 0 Å². The monoisotopic (exact) mass is 246 g/mol. The zero-order valence-corrected chi connectivity index (χ0v) is 10.5. The van der Waals surface area contributed by atoms with Crippen LogP contribution in [0.15, 0.2) is 24.3 Å². The predicted molar refractivity (Wildman–Crippen MR) is 68.3 cm³/mol. The van der Waals surface area contributed by atoms with E-state index in [-0.39, 0.29) is 17.9 Å².